The van der Waals surface area contributed by atoms with Crippen LogP contribution in [0, 0.1) is 19.8 Å². The first-order valence-electron chi connectivity index (χ1n) is 7.65. The molecule has 0 heterocycles. The molecular formula is C17H27NO2. The van der Waals surface area contributed by atoms with Gasteiger partial charge >= 0.3 is 0 Å². The highest BCUT2D eigenvalue weighted by molar-refractivity contribution is 5.32. The van der Waals surface area contributed by atoms with Crippen molar-refractivity contribution in [2.45, 2.75) is 52.2 Å². The zero-order valence-electron chi connectivity index (χ0n) is 12.9. The summed E-state index contributed by atoms with van der Waals surface area (Å²) in [5.41, 5.74) is 2.38. The van der Waals surface area contributed by atoms with Crippen molar-refractivity contribution < 1.29 is 9.84 Å². The van der Waals surface area contributed by atoms with Gasteiger partial charge in [0.2, 0.25) is 0 Å². The molecule has 2 rings (SSSR count). The van der Waals surface area contributed by atoms with Gasteiger partial charge in [-0.2, -0.15) is 0 Å². The molecular weight excluding hydrogens is 250 g/mol. The normalized spacial score (nSPS) is 23.8. The van der Waals surface area contributed by atoms with E-state index in [-0.39, 0.29) is 0 Å². The average molecular weight is 277 g/mol. The van der Waals surface area contributed by atoms with Crippen LogP contribution in [0.2, 0.25) is 0 Å². The van der Waals surface area contributed by atoms with E-state index < -0.39 is 6.10 Å². The van der Waals surface area contributed by atoms with E-state index in [4.69, 9.17) is 4.74 Å². The topological polar surface area (TPSA) is 41.5 Å². The Labute approximate surface area is 122 Å². The van der Waals surface area contributed by atoms with Crippen molar-refractivity contribution in [1.82, 2.24) is 5.32 Å². The zero-order chi connectivity index (χ0) is 14.5. The number of aliphatic hydroxyl groups is 1. The van der Waals surface area contributed by atoms with Crippen LogP contribution in [0.15, 0.2) is 18.2 Å². The summed E-state index contributed by atoms with van der Waals surface area (Å²) in [4.78, 5) is 0. The van der Waals surface area contributed by atoms with Crippen LogP contribution < -0.4 is 10.1 Å². The van der Waals surface area contributed by atoms with Crippen LogP contribution in [0.25, 0.3) is 0 Å². The lowest BCUT2D eigenvalue weighted by atomic mass is 10.1. The quantitative estimate of drug-likeness (QED) is 0.840. The molecule has 0 spiro atoms. The second-order valence-electron chi connectivity index (χ2n) is 6.31. The standard InChI is InChI=1S/C17H27NO2/c1-12-4-5-15(7-12)18-10-16(19)11-20-17-8-13(2)6-14(3)9-17/h6,8-9,12,15-16,18-19H,4-5,7,10-11H2,1-3H3. The second-order valence-corrected chi connectivity index (χ2v) is 6.31. The maximum atomic E-state index is 9.99. The predicted octanol–water partition coefficient (Wildman–Crippen LogP) is 2.82. The summed E-state index contributed by atoms with van der Waals surface area (Å²) in [5, 5.41) is 13.4. The van der Waals surface area contributed by atoms with Crippen LogP contribution in [-0.2, 0) is 0 Å². The molecule has 1 aliphatic rings. The Morgan fingerprint density at radius 1 is 1.25 bits per heavy atom. The third-order valence-corrected chi connectivity index (χ3v) is 3.97. The Hall–Kier alpha value is -1.06. The molecule has 1 aliphatic carbocycles. The SMILES string of the molecule is Cc1cc(C)cc(OCC(O)CNC2CCC(C)C2)c1. The predicted molar refractivity (Wildman–Crippen MR) is 82.2 cm³/mol. The summed E-state index contributed by atoms with van der Waals surface area (Å²) < 4.78 is 5.68. The van der Waals surface area contributed by atoms with Gasteiger partial charge in [-0.05, 0) is 62.3 Å². The third-order valence-electron chi connectivity index (χ3n) is 3.97. The molecule has 0 amide bonds. The van der Waals surface area contributed by atoms with Gasteiger partial charge in [0, 0.05) is 12.6 Å². The van der Waals surface area contributed by atoms with E-state index in [9.17, 15) is 5.11 Å². The molecule has 20 heavy (non-hydrogen) atoms. The van der Waals surface area contributed by atoms with Crippen molar-refractivity contribution in [3.8, 4) is 5.75 Å². The summed E-state index contributed by atoms with van der Waals surface area (Å²) in [5.74, 6) is 1.66. The summed E-state index contributed by atoms with van der Waals surface area (Å²) in [6.45, 7) is 7.36. The van der Waals surface area contributed by atoms with Crippen molar-refractivity contribution in [2.75, 3.05) is 13.2 Å². The maximum Gasteiger partial charge on any atom is 0.119 e. The molecule has 3 unspecified atom stereocenters. The Morgan fingerprint density at radius 2 is 1.95 bits per heavy atom. The average Bonchev–Trinajstić information content (AvgIpc) is 2.79. The van der Waals surface area contributed by atoms with Gasteiger partial charge in [0.25, 0.3) is 0 Å². The number of benzene rings is 1. The summed E-state index contributed by atoms with van der Waals surface area (Å²) in [7, 11) is 0. The first-order chi connectivity index (χ1) is 9.52. The van der Waals surface area contributed by atoms with E-state index in [0.29, 0.717) is 19.2 Å². The van der Waals surface area contributed by atoms with Gasteiger partial charge in [0.15, 0.2) is 0 Å². The largest absolute Gasteiger partial charge is 0.491 e. The van der Waals surface area contributed by atoms with Crippen LogP contribution >= 0.6 is 0 Å². The van der Waals surface area contributed by atoms with Crippen molar-refractivity contribution in [3.05, 3.63) is 29.3 Å². The molecule has 0 bridgehead atoms. The monoisotopic (exact) mass is 277 g/mol. The Kier molecular flexibility index (Phi) is 5.44. The molecule has 0 saturated heterocycles. The fourth-order valence-corrected chi connectivity index (χ4v) is 2.96. The highest BCUT2D eigenvalue weighted by Crippen LogP contribution is 2.24. The fraction of sp³-hybridized carbons (Fsp3) is 0.647. The molecule has 1 aromatic carbocycles. The maximum absolute atomic E-state index is 9.99. The van der Waals surface area contributed by atoms with Gasteiger partial charge in [-0.3, -0.25) is 0 Å². The molecule has 1 fully saturated rings. The summed E-state index contributed by atoms with van der Waals surface area (Å²) in [6, 6.07) is 6.70. The van der Waals surface area contributed by atoms with E-state index in [2.05, 4.69) is 32.2 Å². The first kappa shape index (κ1) is 15.3. The minimum atomic E-state index is -0.452. The Morgan fingerprint density at radius 3 is 2.55 bits per heavy atom. The summed E-state index contributed by atoms with van der Waals surface area (Å²) in [6.07, 6.45) is 3.30. The molecule has 0 radical (unpaired) electrons. The van der Waals surface area contributed by atoms with E-state index >= 15 is 0 Å². The summed E-state index contributed by atoms with van der Waals surface area (Å²) >= 11 is 0. The van der Waals surface area contributed by atoms with Crippen LogP contribution in [-0.4, -0.2) is 30.4 Å². The molecule has 0 aliphatic heterocycles. The molecule has 2 N–H and O–H groups in total. The minimum absolute atomic E-state index is 0.345. The van der Waals surface area contributed by atoms with E-state index in [1.165, 1.54) is 30.4 Å². The smallest absolute Gasteiger partial charge is 0.119 e. The van der Waals surface area contributed by atoms with E-state index in [0.717, 1.165) is 11.7 Å². The highest BCUT2D eigenvalue weighted by Gasteiger charge is 2.21. The number of hydrogen-bond acceptors (Lipinski definition) is 3. The number of hydrogen-bond donors (Lipinski definition) is 2. The van der Waals surface area contributed by atoms with Crippen molar-refractivity contribution in [2.24, 2.45) is 5.92 Å². The van der Waals surface area contributed by atoms with Crippen molar-refractivity contribution in [3.63, 3.8) is 0 Å². The minimum Gasteiger partial charge on any atom is -0.491 e. The van der Waals surface area contributed by atoms with Gasteiger partial charge < -0.3 is 15.2 Å². The third kappa shape index (κ3) is 4.80. The van der Waals surface area contributed by atoms with E-state index in [1.807, 2.05) is 12.1 Å². The van der Waals surface area contributed by atoms with Crippen molar-refractivity contribution in [1.29, 1.82) is 0 Å². The molecule has 112 valence electrons. The zero-order valence-corrected chi connectivity index (χ0v) is 12.9. The van der Waals surface area contributed by atoms with Gasteiger partial charge in [0.05, 0.1) is 0 Å². The van der Waals surface area contributed by atoms with E-state index in [1.54, 1.807) is 0 Å². The lowest BCUT2D eigenvalue weighted by molar-refractivity contribution is 0.103. The number of aliphatic hydroxyl groups excluding tert-OH is 1. The molecule has 0 aromatic heterocycles. The number of nitrogens with one attached hydrogen (secondary N) is 1. The van der Waals surface area contributed by atoms with Crippen LogP contribution in [0.1, 0.15) is 37.3 Å². The first-order valence-corrected chi connectivity index (χ1v) is 7.65. The van der Waals surface area contributed by atoms with Crippen LogP contribution in [0.5, 0.6) is 5.75 Å². The molecule has 3 heteroatoms. The Balaban J connectivity index is 1.70. The lowest BCUT2D eigenvalue weighted by Gasteiger charge is -2.17. The highest BCUT2D eigenvalue weighted by atomic mass is 16.5. The van der Waals surface area contributed by atoms with Gasteiger partial charge in [0.1, 0.15) is 18.5 Å². The second kappa shape index (κ2) is 7.09. The molecule has 3 atom stereocenters. The number of aryl methyl sites for hydroxylation is 2. The Bertz CT molecular complexity index is 413. The number of ether oxygens (including phenoxy) is 1. The van der Waals surface area contributed by atoms with Gasteiger partial charge in [-0.1, -0.05) is 13.0 Å². The van der Waals surface area contributed by atoms with Crippen LogP contribution in [0.4, 0.5) is 0 Å². The molecule has 1 aromatic rings. The lowest BCUT2D eigenvalue weighted by Crippen LogP contribution is -2.36. The fourth-order valence-electron chi connectivity index (χ4n) is 2.96. The molecule has 3 nitrogen and oxygen atoms in total. The van der Waals surface area contributed by atoms with Gasteiger partial charge in [-0.15, -0.1) is 0 Å². The van der Waals surface area contributed by atoms with Crippen LogP contribution in [0.3, 0.4) is 0 Å². The van der Waals surface area contributed by atoms with Crippen molar-refractivity contribution >= 4 is 0 Å². The molecule has 1 saturated carbocycles. The van der Waals surface area contributed by atoms with Gasteiger partial charge in [-0.25, -0.2) is 0 Å². The number of rotatable bonds is 6.